The second-order valence-electron chi connectivity index (χ2n) is 3.87. The Morgan fingerprint density at radius 1 is 1.42 bits per heavy atom. The van der Waals surface area contributed by atoms with Gasteiger partial charge in [-0.1, -0.05) is 12.2 Å². The molecule has 1 fully saturated rings. The van der Waals surface area contributed by atoms with Gasteiger partial charge in [-0.05, 0) is 32.1 Å². The molecule has 0 amide bonds. The molecule has 0 bridgehead atoms. The van der Waals surface area contributed by atoms with Crippen LogP contribution in [0.25, 0.3) is 0 Å². The van der Waals surface area contributed by atoms with Gasteiger partial charge in [-0.15, -0.1) is 11.8 Å². The van der Waals surface area contributed by atoms with Gasteiger partial charge in [0.25, 0.3) is 0 Å². The summed E-state index contributed by atoms with van der Waals surface area (Å²) in [5, 5.41) is 4.39. The average Bonchev–Trinajstić information content (AvgIpc) is 2.54. The maximum Gasteiger partial charge on any atom is 0.0566 e. The van der Waals surface area contributed by atoms with Crippen LogP contribution < -0.4 is 5.32 Å². The Hall–Kier alpha value is 0.0500. The molecular weight excluding hydrogens is 166 g/mol. The fraction of sp³-hybridized carbons (Fsp3) is 0.800. The monoisotopic (exact) mass is 183 g/mol. The van der Waals surface area contributed by atoms with E-state index in [2.05, 4.69) is 36.2 Å². The second-order valence-corrected chi connectivity index (χ2v) is 5.04. The average molecular weight is 183 g/mol. The van der Waals surface area contributed by atoms with E-state index in [0.717, 1.165) is 17.3 Å². The molecule has 1 nitrogen and oxygen atoms in total. The predicted octanol–water partition coefficient (Wildman–Crippen LogP) is 2.39. The fourth-order valence-electron chi connectivity index (χ4n) is 1.99. The Morgan fingerprint density at radius 3 is 2.92 bits per heavy atom. The Kier molecular flexibility index (Phi) is 2.76. The highest BCUT2D eigenvalue weighted by atomic mass is 32.2. The van der Waals surface area contributed by atoms with Crippen molar-refractivity contribution in [2.45, 2.75) is 37.6 Å². The lowest BCUT2D eigenvalue weighted by Gasteiger charge is -2.24. The molecule has 0 aromatic heterocycles. The van der Waals surface area contributed by atoms with Gasteiger partial charge in [-0.2, -0.15) is 0 Å². The van der Waals surface area contributed by atoms with Crippen LogP contribution >= 0.6 is 11.8 Å². The van der Waals surface area contributed by atoms with Crippen molar-refractivity contribution in [1.29, 1.82) is 0 Å². The molecule has 2 heteroatoms. The van der Waals surface area contributed by atoms with Gasteiger partial charge in [-0.3, -0.25) is 0 Å². The van der Waals surface area contributed by atoms with Crippen LogP contribution in [0.1, 0.15) is 26.2 Å². The van der Waals surface area contributed by atoms with E-state index >= 15 is 0 Å². The molecule has 1 N–H and O–H groups in total. The number of nitrogens with one attached hydrogen (secondary N) is 1. The van der Waals surface area contributed by atoms with Crippen LogP contribution in [0.2, 0.25) is 0 Å². The Bertz CT molecular complexity index is 179. The second kappa shape index (κ2) is 3.84. The molecule has 1 saturated heterocycles. The zero-order valence-corrected chi connectivity index (χ0v) is 8.44. The first-order valence-corrected chi connectivity index (χ1v) is 5.94. The lowest BCUT2D eigenvalue weighted by Crippen LogP contribution is -2.33. The molecular formula is C10H17NS. The summed E-state index contributed by atoms with van der Waals surface area (Å²) in [4.78, 5) is 0. The summed E-state index contributed by atoms with van der Waals surface area (Å²) in [6.45, 7) is 2.28. The first kappa shape index (κ1) is 8.64. The molecule has 0 saturated carbocycles. The van der Waals surface area contributed by atoms with Crippen molar-refractivity contribution < 1.29 is 0 Å². The van der Waals surface area contributed by atoms with Gasteiger partial charge < -0.3 is 5.32 Å². The zero-order valence-electron chi connectivity index (χ0n) is 7.62. The molecule has 12 heavy (non-hydrogen) atoms. The first-order chi connectivity index (χ1) is 5.86. The minimum Gasteiger partial charge on any atom is -0.302 e. The predicted molar refractivity (Wildman–Crippen MR) is 55.3 cm³/mol. The maximum atomic E-state index is 3.65. The highest BCUT2D eigenvalue weighted by molar-refractivity contribution is 8.00. The summed E-state index contributed by atoms with van der Waals surface area (Å²) in [7, 11) is 0. The summed E-state index contributed by atoms with van der Waals surface area (Å²) in [6, 6.07) is 0.728. The maximum absolute atomic E-state index is 3.65. The Morgan fingerprint density at radius 2 is 2.33 bits per heavy atom. The third kappa shape index (κ3) is 1.86. The highest BCUT2D eigenvalue weighted by Crippen LogP contribution is 2.32. The summed E-state index contributed by atoms with van der Waals surface area (Å²) in [5.41, 5.74) is 0. The van der Waals surface area contributed by atoms with Crippen LogP contribution in [0.4, 0.5) is 0 Å². The molecule has 0 spiro atoms. The normalized spacial score (nSPS) is 41.9. The third-order valence-electron chi connectivity index (χ3n) is 2.71. The third-order valence-corrected chi connectivity index (χ3v) is 4.28. The zero-order chi connectivity index (χ0) is 8.39. The molecule has 0 aromatic rings. The van der Waals surface area contributed by atoms with E-state index < -0.39 is 0 Å². The summed E-state index contributed by atoms with van der Waals surface area (Å²) in [6.07, 6.45) is 8.63. The number of hydrogen-bond donors (Lipinski definition) is 1. The van der Waals surface area contributed by atoms with Crippen molar-refractivity contribution in [3.63, 3.8) is 0 Å². The molecule has 68 valence electrons. The summed E-state index contributed by atoms with van der Waals surface area (Å²) >= 11 is 2.11. The quantitative estimate of drug-likeness (QED) is 0.626. The summed E-state index contributed by atoms with van der Waals surface area (Å²) < 4.78 is 0. The molecule has 3 unspecified atom stereocenters. The number of hydrogen-bond acceptors (Lipinski definition) is 2. The minimum absolute atomic E-state index is 0.728. The van der Waals surface area contributed by atoms with Gasteiger partial charge in [-0.25, -0.2) is 0 Å². The van der Waals surface area contributed by atoms with Crippen molar-refractivity contribution in [2.24, 2.45) is 5.92 Å². The SMILES string of the molecule is CC1CSC(C2CC=CCC2)N1. The standard InChI is InChI=1S/C10H17NS/c1-8-7-12-10(11-8)9-5-3-2-4-6-9/h2-3,8-11H,4-7H2,1H3. The molecule has 0 radical (unpaired) electrons. The Labute approximate surface area is 79.0 Å². The minimum atomic E-state index is 0.728. The van der Waals surface area contributed by atoms with E-state index in [4.69, 9.17) is 0 Å². The molecule has 2 rings (SSSR count). The van der Waals surface area contributed by atoms with E-state index in [1.54, 1.807) is 0 Å². The van der Waals surface area contributed by atoms with Crippen molar-refractivity contribution in [1.82, 2.24) is 5.32 Å². The number of thioether (sulfide) groups is 1. The Balaban J connectivity index is 1.88. The van der Waals surface area contributed by atoms with Gasteiger partial charge in [0.05, 0.1) is 5.37 Å². The topological polar surface area (TPSA) is 12.0 Å². The van der Waals surface area contributed by atoms with Crippen molar-refractivity contribution >= 4 is 11.8 Å². The van der Waals surface area contributed by atoms with Gasteiger partial charge in [0.15, 0.2) is 0 Å². The largest absolute Gasteiger partial charge is 0.302 e. The lowest BCUT2D eigenvalue weighted by molar-refractivity contribution is 0.408. The molecule has 1 aliphatic carbocycles. The van der Waals surface area contributed by atoms with Crippen LogP contribution in [0.5, 0.6) is 0 Å². The van der Waals surface area contributed by atoms with E-state index in [-0.39, 0.29) is 0 Å². The molecule has 0 aromatic carbocycles. The van der Waals surface area contributed by atoms with E-state index in [1.807, 2.05) is 0 Å². The molecule has 2 aliphatic rings. The van der Waals surface area contributed by atoms with E-state index in [1.165, 1.54) is 25.0 Å². The van der Waals surface area contributed by atoms with Crippen LogP contribution in [-0.2, 0) is 0 Å². The fourth-order valence-corrected chi connectivity index (χ4v) is 3.43. The smallest absolute Gasteiger partial charge is 0.0566 e. The number of allylic oxidation sites excluding steroid dienone is 2. The van der Waals surface area contributed by atoms with E-state index in [9.17, 15) is 0 Å². The molecule has 1 heterocycles. The molecule has 3 atom stereocenters. The van der Waals surface area contributed by atoms with Gasteiger partial charge in [0.1, 0.15) is 0 Å². The van der Waals surface area contributed by atoms with Crippen molar-refractivity contribution in [2.75, 3.05) is 5.75 Å². The van der Waals surface area contributed by atoms with Crippen LogP contribution in [0.15, 0.2) is 12.2 Å². The van der Waals surface area contributed by atoms with Gasteiger partial charge >= 0.3 is 0 Å². The first-order valence-electron chi connectivity index (χ1n) is 4.89. The van der Waals surface area contributed by atoms with Crippen LogP contribution in [0, 0.1) is 5.92 Å². The molecule has 1 aliphatic heterocycles. The highest BCUT2D eigenvalue weighted by Gasteiger charge is 2.28. The van der Waals surface area contributed by atoms with E-state index in [0.29, 0.717) is 0 Å². The van der Waals surface area contributed by atoms with Crippen LogP contribution in [-0.4, -0.2) is 17.2 Å². The van der Waals surface area contributed by atoms with Gasteiger partial charge in [0.2, 0.25) is 0 Å². The number of rotatable bonds is 1. The van der Waals surface area contributed by atoms with Gasteiger partial charge in [0, 0.05) is 11.8 Å². The lowest BCUT2D eigenvalue weighted by atomic mass is 9.94. The summed E-state index contributed by atoms with van der Waals surface area (Å²) in [5.74, 6) is 2.19. The van der Waals surface area contributed by atoms with Crippen molar-refractivity contribution in [3.8, 4) is 0 Å². The van der Waals surface area contributed by atoms with Crippen molar-refractivity contribution in [3.05, 3.63) is 12.2 Å². The van der Waals surface area contributed by atoms with Crippen LogP contribution in [0.3, 0.4) is 0 Å².